The van der Waals surface area contributed by atoms with Gasteiger partial charge in [-0.05, 0) is 47.0 Å². The molecule has 2 aromatic rings. The number of halogens is 2. The van der Waals surface area contributed by atoms with Crippen LogP contribution in [0.1, 0.15) is 24.5 Å². The van der Waals surface area contributed by atoms with Crippen LogP contribution in [0.2, 0.25) is 0 Å². The van der Waals surface area contributed by atoms with Gasteiger partial charge in [0.2, 0.25) is 0 Å². The summed E-state index contributed by atoms with van der Waals surface area (Å²) >= 11 is 3.28. The summed E-state index contributed by atoms with van der Waals surface area (Å²) < 4.78 is 13.6. The third-order valence-corrected chi connectivity index (χ3v) is 3.60. The van der Waals surface area contributed by atoms with Crippen molar-refractivity contribution in [2.24, 2.45) is 0 Å². The van der Waals surface area contributed by atoms with Crippen LogP contribution in [0, 0.1) is 5.82 Å². The van der Waals surface area contributed by atoms with E-state index in [9.17, 15) is 9.18 Å². The normalized spacial score (nSPS) is 14.8. The van der Waals surface area contributed by atoms with Crippen LogP contribution in [0.5, 0.6) is 0 Å². The van der Waals surface area contributed by atoms with Crippen molar-refractivity contribution in [2.45, 2.75) is 18.8 Å². The summed E-state index contributed by atoms with van der Waals surface area (Å²) in [5.74, 6) is 0.563. The Balaban J connectivity index is 2.13. The van der Waals surface area contributed by atoms with E-state index >= 15 is 0 Å². The van der Waals surface area contributed by atoms with E-state index < -0.39 is 0 Å². The Kier molecular flexibility index (Phi) is 2.78. The summed E-state index contributed by atoms with van der Waals surface area (Å²) in [6.45, 7) is 0. The molecule has 1 aliphatic rings. The SMILES string of the molecule is O=c1cc(C2CC2)nc(-c2ccc(F)cc2Br)[nH]1. The molecule has 0 radical (unpaired) electrons. The Hall–Kier alpha value is -1.49. The van der Waals surface area contributed by atoms with Gasteiger partial charge in [0.05, 0.1) is 5.69 Å². The van der Waals surface area contributed by atoms with Crippen molar-refractivity contribution in [3.8, 4) is 11.4 Å². The van der Waals surface area contributed by atoms with Gasteiger partial charge in [-0.25, -0.2) is 9.37 Å². The van der Waals surface area contributed by atoms with E-state index in [2.05, 4.69) is 25.9 Å². The molecule has 5 heteroatoms. The third-order valence-electron chi connectivity index (χ3n) is 2.94. The first-order valence-corrected chi connectivity index (χ1v) is 6.49. The Morgan fingerprint density at radius 2 is 2.11 bits per heavy atom. The highest BCUT2D eigenvalue weighted by Gasteiger charge is 2.26. The Bertz CT molecular complexity index is 664. The van der Waals surface area contributed by atoms with Crippen LogP contribution < -0.4 is 5.56 Å². The number of hydrogen-bond donors (Lipinski definition) is 1. The van der Waals surface area contributed by atoms with Gasteiger partial charge in [-0.3, -0.25) is 4.79 Å². The molecule has 1 saturated carbocycles. The topological polar surface area (TPSA) is 45.8 Å². The minimum absolute atomic E-state index is 0.168. The van der Waals surface area contributed by atoms with E-state index in [4.69, 9.17) is 0 Å². The fourth-order valence-electron chi connectivity index (χ4n) is 1.87. The van der Waals surface area contributed by atoms with Crippen molar-refractivity contribution in [1.29, 1.82) is 0 Å². The van der Waals surface area contributed by atoms with Gasteiger partial charge in [-0.2, -0.15) is 0 Å². The molecule has 1 aromatic carbocycles. The lowest BCUT2D eigenvalue weighted by molar-refractivity contribution is 0.627. The quantitative estimate of drug-likeness (QED) is 0.926. The highest BCUT2D eigenvalue weighted by molar-refractivity contribution is 9.10. The molecule has 0 amide bonds. The van der Waals surface area contributed by atoms with Crippen molar-refractivity contribution in [3.05, 3.63) is 50.6 Å². The van der Waals surface area contributed by atoms with Crippen molar-refractivity contribution in [1.82, 2.24) is 9.97 Å². The van der Waals surface area contributed by atoms with Crippen LogP contribution in [0.25, 0.3) is 11.4 Å². The number of nitrogens with one attached hydrogen (secondary N) is 1. The Labute approximate surface area is 111 Å². The van der Waals surface area contributed by atoms with Crippen LogP contribution in [-0.2, 0) is 0 Å². The van der Waals surface area contributed by atoms with Gasteiger partial charge in [0.1, 0.15) is 11.6 Å². The number of nitrogens with zero attached hydrogens (tertiary/aromatic N) is 1. The van der Waals surface area contributed by atoms with Gasteiger partial charge >= 0.3 is 0 Å². The second-order valence-corrected chi connectivity index (χ2v) is 5.27. The lowest BCUT2D eigenvalue weighted by Gasteiger charge is -2.05. The van der Waals surface area contributed by atoms with Gasteiger partial charge in [-0.1, -0.05) is 0 Å². The van der Waals surface area contributed by atoms with Crippen molar-refractivity contribution in [3.63, 3.8) is 0 Å². The smallest absolute Gasteiger partial charge is 0.251 e. The van der Waals surface area contributed by atoms with Gasteiger partial charge in [0, 0.05) is 22.0 Å². The van der Waals surface area contributed by atoms with Crippen LogP contribution >= 0.6 is 15.9 Å². The average Bonchev–Trinajstić information content (AvgIpc) is 3.11. The van der Waals surface area contributed by atoms with E-state index in [-0.39, 0.29) is 11.4 Å². The van der Waals surface area contributed by atoms with Crippen LogP contribution in [0.3, 0.4) is 0 Å². The standard InChI is InChI=1S/C13H10BrFN2O/c14-10-5-8(15)3-4-9(10)13-16-11(7-1-2-7)6-12(18)17-13/h3-7H,1-2H2,(H,16,17,18). The maximum Gasteiger partial charge on any atom is 0.251 e. The fourth-order valence-corrected chi connectivity index (χ4v) is 2.41. The maximum atomic E-state index is 13.0. The maximum absolute atomic E-state index is 13.0. The molecule has 92 valence electrons. The molecule has 1 N–H and O–H groups in total. The average molecular weight is 309 g/mol. The summed E-state index contributed by atoms with van der Waals surface area (Å²) in [7, 11) is 0. The zero-order chi connectivity index (χ0) is 12.7. The molecule has 0 spiro atoms. The molecular formula is C13H10BrFN2O. The molecular weight excluding hydrogens is 299 g/mol. The fraction of sp³-hybridized carbons (Fsp3) is 0.231. The zero-order valence-corrected chi connectivity index (χ0v) is 11.0. The molecule has 0 aliphatic heterocycles. The molecule has 3 nitrogen and oxygen atoms in total. The summed E-state index contributed by atoms with van der Waals surface area (Å²) in [6.07, 6.45) is 2.17. The number of hydrogen-bond acceptors (Lipinski definition) is 2. The monoisotopic (exact) mass is 308 g/mol. The predicted octanol–water partition coefficient (Wildman–Crippen LogP) is 3.22. The molecule has 3 rings (SSSR count). The lowest BCUT2D eigenvalue weighted by atomic mass is 10.2. The minimum atomic E-state index is -0.327. The molecule has 1 aliphatic carbocycles. The molecule has 0 bridgehead atoms. The van der Waals surface area contributed by atoms with Crippen LogP contribution in [-0.4, -0.2) is 9.97 Å². The number of aromatic nitrogens is 2. The number of aromatic amines is 1. The summed E-state index contributed by atoms with van der Waals surface area (Å²) in [5, 5.41) is 0. The first-order chi connectivity index (χ1) is 8.63. The van der Waals surface area contributed by atoms with Crippen LogP contribution in [0.15, 0.2) is 33.5 Å². The van der Waals surface area contributed by atoms with E-state index in [1.807, 2.05) is 0 Å². The van der Waals surface area contributed by atoms with Gasteiger partial charge in [0.25, 0.3) is 5.56 Å². The first-order valence-electron chi connectivity index (χ1n) is 5.70. The van der Waals surface area contributed by atoms with Crippen molar-refractivity contribution < 1.29 is 4.39 Å². The van der Waals surface area contributed by atoms with E-state index in [0.717, 1.165) is 18.5 Å². The minimum Gasteiger partial charge on any atom is -0.306 e. The highest BCUT2D eigenvalue weighted by Crippen LogP contribution is 2.39. The molecule has 0 saturated heterocycles. The van der Waals surface area contributed by atoms with Crippen molar-refractivity contribution in [2.75, 3.05) is 0 Å². The lowest BCUT2D eigenvalue weighted by Crippen LogP contribution is -2.10. The summed E-state index contributed by atoms with van der Waals surface area (Å²) in [5.41, 5.74) is 1.35. The van der Waals surface area contributed by atoms with Crippen LogP contribution in [0.4, 0.5) is 4.39 Å². The third kappa shape index (κ3) is 2.22. The molecule has 0 atom stereocenters. The predicted molar refractivity (Wildman–Crippen MR) is 69.9 cm³/mol. The molecule has 1 fully saturated rings. The molecule has 0 unspecified atom stereocenters. The second kappa shape index (κ2) is 4.31. The van der Waals surface area contributed by atoms with E-state index in [0.29, 0.717) is 21.8 Å². The largest absolute Gasteiger partial charge is 0.306 e. The van der Waals surface area contributed by atoms with Gasteiger partial charge in [0.15, 0.2) is 0 Å². The van der Waals surface area contributed by atoms with Gasteiger partial charge < -0.3 is 4.98 Å². The van der Waals surface area contributed by atoms with E-state index in [1.165, 1.54) is 12.1 Å². The number of rotatable bonds is 2. The Morgan fingerprint density at radius 1 is 1.33 bits per heavy atom. The zero-order valence-electron chi connectivity index (χ0n) is 9.41. The first kappa shape index (κ1) is 11.6. The summed E-state index contributed by atoms with van der Waals surface area (Å²) in [6, 6.07) is 5.86. The Morgan fingerprint density at radius 3 is 2.78 bits per heavy atom. The summed E-state index contributed by atoms with van der Waals surface area (Å²) in [4.78, 5) is 18.7. The number of benzene rings is 1. The number of H-pyrrole nitrogens is 1. The molecule has 1 heterocycles. The molecule has 1 aromatic heterocycles. The van der Waals surface area contributed by atoms with E-state index in [1.54, 1.807) is 12.1 Å². The van der Waals surface area contributed by atoms with Crippen molar-refractivity contribution >= 4 is 15.9 Å². The van der Waals surface area contributed by atoms with Gasteiger partial charge in [-0.15, -0.1) is 0 Å². The highest BCUT2D eigenvalue weighted by atomic mass is 79.9. The molecule has 18 heavy (non-hydrogen) atoms. The second-order valence-electron chi connectivity index (χ2n) is 4.42.